The molecule has 0 aromatic carbocycles. The zero-order valence-corrected chi connectivity index (χ0v) is 13.6. The fourth-order valence-electron chi connectivity index (χ4n) is 1.75. The molecule has 2 heterocycles. The van der Waals surface area contributed by atoms with Crippen molar-refractivity contribution in [2.45, 2.75) is 32.4 Å². The second-order valence-electron chi connectivity index (χ2n) is 5.54. The molecule has 0 radical (unpaired) electrons. The van der Waals surface area contributed by atoms with Crippen molar-refractivity contribution in [1.29, 1.82) is 0 Å². The van der Waals surface area contributed by atoms with Crippen LogP contribution in [0.25, 0.3) is 0 Å². The normalized spacial score (nSPS) is 12.2. The Morgan fingerprint density at radius 2 is 2.17 bits per heavy atom. The number of anilines is 1. The molecule has 0 spiro atoms. The zero-order valence-electron chi connectivity index (χ0n) is 13.6. The minimum Gasteiger partial charge on any atom is -0.394 e. The van der Waals surface area contributed by atoms with E-state index in [0.717, 1.165) is 0 Å². The Kier molecular flexibility index (Phi) is 6.21. The lowest BCUT2D eigenvalue weighted by atomic mass is 10.2. The van der Waals surface area contributed by atoms with Gasteiger partial charge in [-0.1, -0.05) is 19.0 Å². The molecule has 0 fully saturated rings. The molecule has 0 aliphatic rings. The maximum absolute atomic E-state index is 12.1. The molecule has 0 bridgehead atoms. The summed E-state index contributed by atoms with van der Waals surface area (Å²) in [4.78, 5) is 20.3. The molecule has 9 nitrogen and oxygen atoms in total. The average Bonchev–Trinajstić information content (AvgIpc) is 3.07. The van der Waals surface area contributed by atoms with Gasteiger partial charge in [0, 0.05) is 18.7 Å². The maximum atomic E-state index is 12.1. The summed E-state index contributed by atoms with van der Waals surface area (Å²) in [6, 6.07) is 3.22. The molecule has 9 heteroatoms. The van der Waals surface area contributed by atoms with Crippen LogP contribution in [0.5, 0.6) is 0 Å². The fraction of sp³-hybridized carbons (Fsp3) is 0.467. The first-order valence-electron chi connectivity index (χ1n) is 7.59. The van der Waals surface area contributed by atoms with Crippen LogP contribution in [0.3, 0.4) is 0 Å². The van der Waals surface area contributed by atoms with Crippen LogP contribution in [0.1, 0.15) is 41.8 Å². The van der Waals surface area contributed by atoms with Gasteiger partial charge in [-0.15, -0.1) is 0 Å². The predicted octanol–water partition coefficient (Wildman–Crippen LogP) is 0.283. The predicted molar refractivity (Wildman–Crippen MR) is 85.4 cm³/mol. The number of hydrogen-bond acceptors (Lipinski definition) is 8. The largest absolute Gasteiger partial charge is 0.394 e. The topological polar surface area (TPSA) is 133 Å². The minimum absolute atomic E-state index is 0.135. The highest BCUT2D eigenvalue weighted by atomic mass is 16.5. The number of carbonyl (C=O) groups excluding carboxylic acids is 1. The van der Waals surface area contributed by atoms with Crippen molar-refractivity contribution in [2.24, 2.45) is 0 Å². The number of nitrogens with one attached hydrogen (secondary N) is 2. The van der Waals surface area contributed by atoms with E-state index in [1.54, 1.807) is 12.1 Å². The van der Waals surface area contributed by atoms with E-state index in [1.165, 1.54) is 6.20 Å². The number of hydrogen-bond donors (Lipinski definition) is 4. The molecule has 2 rings (SSSR count). The Labute approximate surface area is 139 Å². The van der Waals surface area contributed by atoms with Gasteiger partial charge < -0.3 is 25.4 Å². The van der Waals surface area contributed by atoms with Crippen molar-refractivity contribution >= 4 is 11.7 Å². The molecule has 0 saturated carbocycles. The maximum Gasteiger partial charge on any atom is 0.253 e. The van der Waals surface area contributed by atoms with Crippen molar-refractivity contribution in [3.63, 3.8) is 0 Å². The quantitative estimate of drug-likeness (QED) is 0.541. The second-order valence-corrected chi connectivity index (χ2v) is 5.54. The third-order valence-corrected chi connectivity index (χ3v) is 3.14. The summed E-state index contributed by atoms with van der Waals surface area (Å²) in [5, 5.41) is 27.3. The monoisotopic (exact) mass is 335 g/mol. The summed E-state index contributed by atoms with van der Waals surface area (Å²) < 4.78 is 5.06. The SMILES string of the molecule is CC(C)c1nc(CNC(=O)c2ccc(NC[C@@H](O)CO)nc2)no1. The van der Waals surface area contributed by atoms with Gasteiger partial charge in [0.15, 0.2) is 5.82 Å². The van der Waals surface area contributed by atoms with E-state index in [0.29, 0.717) is 23.1 Å². The number of aliphatic hydroxyl groups is 2. The molecule has 0 saturated heterocycles. The Balaban J connectivity index is 1.85. The third-order valence-electron chi connectivity index (χ3n) is 3.14. The molecule has 0 unspecified atom stereocenters. The molecular formula is C15H21N5O4. The highest BCUT2D eigenvalue weighted by Crippen LogP contribution is 2.11. The van der Waals surface area contributed by atoms with Crippen LogP contribution in [0.15, 0.2) is 22.9 Å². The van der Waals surface area contributed by atoms with E-state index < -0.39 is 6.10 Å². The summed E-state index contributed by atoms with van der Waals surface area (Å²) >= 11 is 0. The van der Waals surface area contributed by atoms with Crippen LogP contribution >= 0.6 is 0 Å². The lowest BCUT2D eigenvalue weighted by Crippen LogP contribution is -2.24. The van der Waals surface area contributed by atoms with Gasteiger partial charge in [-0.05, 0) is 12.1 Å². The van der Waals surface area contributed by atoms with Crippen molar-refractivity contribution in [3.8, 4) is 0 Å². The van der Waals surface area contributed by atoms with E-state index in [9.17, 15) is 9.90 Å². The zero-order chi connectivity index (χ0) is 17.5. The first kappa shape index (κ1) is 17.8. The van der Waals surface area contributed by atoms with Gasteiger partial charge in [0.05, 0.1) is 24.8 Å². The summed E-state index contributed by atoms with van der Waals surface area (Å²) in [7, 11) is 0. The Morgan fingerprint density at radius 3 is 2.75 bits per heavy atom. The number of aliphatic hydroxyl groups excluding tert-OH is 2. The van der Waals surface area contributed by atoms with Gasteiger partial charge in [-0.25, -0.2) is 4.98 Å². The van der Waals surface area contributed by atoms with Crippen molar-refractivity contribution < 1.29 is 19.5 Å². The number of carbonyl (C=O) groups is 1. The van der Waals surface area contributed by atoms with Crippen molar-refractivity contribution in [3.05, 3.63) is 35.6 Å². The molecule has 1 amide bonds. The van der Waals surface area contributed by atoms with Crippen LogP contribution in [-0.2, 0) is 6.54 Å². The van der Waals surface area contributed by atoms with Gasteiger partial charge in [0.25, 0.3) is 5.91 Å². The minimum atomic E-state index is -0.861. The molecule has 0 aliphatic heterocycles. The Bertz CT molecular complexity index is 656. The standard InChI is InChI=1S/C15H21N5O4/c1-9(2)15-19-13(20-24-15)7-18-14(23)10-3-4-12(16-5-10)17-6-11(22)8-21/h3-5,9,11,21-22H,6-8H2,1-2H3,(H,16,17)(H,18,23)/t11-/m1/s1. The van der Waals surface area contributed by atoms with Crippen LogP contribution in [-0.4, -0.2) is 50.5 Å². The molecule has 1 atom stereocenters. The van der Waals surface area contributed by atoms with E-state index in [1.807, 2.05) is 13.8 Å². The lowest BCUT2D eigenvalue weighted by molar-refractivity contribution is 0.0949. The molecule has 0 aliphatic carbocycles. The van der Waals surface area contributed by atoms with Crippen LogP contribution < -0.4 is 10.6 Å². The van der Waals surface area contributed by atoms with Gasteiger partial charge >= 0.3 is 0 Å². The molecule has 4 N–H and O–H groups in total. The van der Waals surface area contributed by atoms with Crippen LogP contribution in [0, 0.1) is 0 Å². The fourth-order valence-corrected chi connectivity index (χ4v) is 1.75. The summed E-state index contributed by atoms with van der Waals surface area (Å²) in [5.41, 5.74) is 0.385. The van der Waals surface area contributed by atoms with Crippen LogP contribution in [0.2, 0.25) is 0 Å². The lowest BCUT2D eigenvalue weighted by Gasteiger charge is -2.09. The number of pyridine rings is 1. The van der Waals surface area contributed by atoms with E-state index in [4.69, 9.17) is 9.63 Å². The molecular weight excluding hydrogens is 314 g/mol. The Hall–Kier alpha value is -2.52. The molecule has 2 aromatic heterocycles. The third kappa shape index (κ3) is 5.00. The Morgan fingerprint density at radius 1 is 1.38 bits per heavy atom. The van der Waals surface area contributed by atoms with Gasteiger partial charge in [-0.2, -0.15) is 4.98 Å². The van der Waals surface area contributed by atoms with E-state index in [2.05, 4.69) is 25.8 Å². The van der Waals surface area contributed by atoms with Gasteiger partial charge in [0.1, 0.15) is 5.82 Å². The summed E-state index contributed by atoms with van der Waals surface area (Å²) in [6.07, 6.45) is 0.555. The molecule has 24 heavy (non-hydrogen) atoms. The number of rotatable bonds is 8. The van der Waals surface area contributed by atoms with E-state index in [-0.39, 0.29) is 31.5 Å². The van der Waals surface area contributed by atoms with Gasteiger partial charge in [-0.3, -0.25) is 4.79 Å². The first-order valence-corrected chi connectivity index (χ1v) is 7.59. The number of amides is 1. The highest BCUT2D eigenvalue weighted by Gasteiger charge is 2.12. The highest BCUT2D eigenvalue weighted by molar-refractivity contribution is 5.93. The van der Waals surface area contributed by atoms with Crippen molar-refractivity contribution in [1.82, 2.24) is 20.4 Å². The smallest absolute Gasteiger partial charge is 0.253 e. The van der Waals surface area contributed by atoms with Gasteiger partial charge in [0.2, 0.25) is 5.89 Å². The average molecular weight is 335 g/mol. The molecule has 2 aromatic rings. The second kappa shape index (κ2) is 8.37. The summed E-state index contributed by atoms with van der Waals surface area (Å²) in [5.74, 6) is 1.27. The molecule has 130 valence electrons. The van der Waals surface area contributed by atoms with Crippen molar-refractivity contribution in [2.75, 3.05) is 18.5 Å². The number of nitrogens with zero attached hydrogens (tertiary/aromatic N) is 3. The summed E-state index contributed by atoms with van der Waals surface area (Å²) in [6.45, 7) is 3.89. The van der Waals surface area contributed by atoms with E-state index >= 15 is 0 Å². The first-order chi connectivity index (χ1) is 11.5. The van der Waals surface area contributed by atoms with Crippen LogP contribution in [0.4, 0.5) is 5.82 Å². The number of aromatic nitrogens is 3.